The molecule has 0 unspecified atom stereocenters. The molecule has 3 rings (SSSR count). The van der Waals surface area contributed by atoms with E-state index in [1.165, 1.54) is 12.1 Å². The van der Waals surface area contributed by atoms with E-state index in [2.05, 4.69) is 0 Å². The fraction of sp³-hybridized carbons (Fsp3) is 0.182. The first-order valence-electron chi connectivity index (χ1n) is 9.21. The second kappa shape index (κ2) is 10.1. The van der Waals surface area contributed by atoms with Crippen molar-refractivity contribution in [2.24, 2.45) is 5.73 Å². The summed E-state index contributed by atoms with van der Waals surface area (Å²) in [6.45, 7) is 1.35. The van der Waals surface area contributed by atoms with E-state index in [1.54, 1.807) is 30.3 Å². The standard InChI is InChI=1S/C22H22N2O5/c23-13-4-14-27-20-11-12-22(21(15-20)24(25)26)29-19-9-7-18(8-10-19)28-16-17-5-2-1-3-6-17/h1-3,5-12,15H,4,13-14,16,23H2. The maximum Gasteiger partial charge on any atom is 0.315 e. The van der Waals surface area contributed by atoms with Gasteiger partial charge in [0.25, 0.3) is 0 Å². The van der Waals surface area contributed by atoms with Crippen LogP contribution in [0.25, 0.3) is 0 Å². The van der Waals surface area contributed by atoms with E-state index in [9.17, 15) is 10.1 Å². The molecule has 0 aliphatic carbocycles. The molecular formula is C22H22N2O5. The number of nitro benzene ring substituents is 1. The minimum absolute atomic E-state index is 0.138. The van der Waals surface area contributed by atoms with Crippen LogP contribution in [-0.4, -0.2) is 18.1 Å². The molecule has 0 spiro atoms. The number of ether oxygens (including phenoxy) is 3. The van der Waals surface area contributed by atoms with Gasteiger partial charge in [-0.05, 0) is 54.9 Å². The fourth-order valence-electron chi connectivity index (χ4n) is 2.56. The highest BCUT2D eigenvalue weighted by Crippen LogP contribution is 2.35. The summed E-state index contributed by atoms with van der Waals surface area (Å²) in [6.07, 6.45) is 0.671. The van der Waals surface area contributed by atoms with Crippen molar-refractivity contribution in [3.05, 3.63) is 88.5 Å². The Hall–Kier alpha value is -3.58. The minimum atomic E-state index is -0.498. The Bertz CT molecular complexity index is 930. The van der Waals surface area contributed by atoms with Crippen LogP contribution in [0.15, 0.2) is 72.8 Å². The van der Waals surface area contributed by atoms with E-state index < -0.39 is 4.92 Å². The third kappa shape index (κ3) is 5.95. The van der Waals surface area contributed by atoms with Crippen LogP contribution >= 0.6 is 0 Å². The number of hydrogen-bond donors (Lipinski definition) is 1. The van der Waals surface area contributed by atoms with Crippen LogP contribution in [0.5, 0.6) is 23.0 Å². The smallest absolute Gasteiger partial charge is 0.315 e. The number of benzene rings is 3. The Labute approximate surface area is 168 Å². The highest BCUT2D eigenvalue weighted by atomic mass is 16.6. The highest BCUT2D eigenvalue weighted by molar-refractivity contribution is 5.52. The number of hydrogen-bond acceptors (Lipinski definition) is 6. The molecule has 0 fully saturated rings. The van der Waals surface area contributed by atoms with E-state index >= 15 is 0 Å². The van der Waals surface area contributed by atoms with Crippen LogP contribution in [0.2, 0.25) is 0 Å². The first-order chi connectivity index (χ1) is 14.2. The van der Waals surface area contributed by atoms with Gasteiger partial charge in [-0.15, -0.1) is 0 Å². The van der Waals surface area contributed by atoms with E-state index in [0.717, 1.165) is 5.56 Å². The van der Waals surface area contributed by atoms with Crippen molar-refractivity contribution in [3.63, 3.8) is 0 Å². The van der Waals surface area contributed by atoms with Gasteiger partial charge in [0.1, 0.15) is 23.9 Å². The molecule has 3 aromatic rings. The maximum atomic E-state index is 11.4. The van der Waals surface area contributed by atoms with Gasteiger partial charge in [0.15, 0.2) is 0 Å². The van der Waals surface area contributed by atoms with Crippen molar-refractivity contribution in [1.29, 1.82) is 0 Å². The van der Waals surface area contributed by atoms with Gasteiger partial charge in [0.2, 0.25) is 5.75 Å². The van der Waals surface area contributed by atoms with Crippen molar-refractivity contribution < 1.29 is 19.1 Å². The van der Waals surface area contributed by atoms with Crippen molar-refractivity contribution in [2.45, 2.75) is 13.0 Å². The molecule has 0 amide bonds. The third-order valence-electron chi connectivity index (χ3n) is 4.04. The molecule has 0 heterocycles. The van der Waals surface area contributed by atoms with E-state index in [0.29, 0.717) is 43.4 Å². The lowest BCUT2D eigenvalue weighted by molar-refractivity contribution is -0.385. The van der Waals surface area contributed by atoms with Gasteiger partial charge in [0, 0.05) is 0 Å². The number of nitrogens with two attached hydrogens (primary N) is 1. The molecule has 7 nitrogen and oxygen atoms in total. The van der Waals surface area contributed by atoms with E-state index in [1.807, 2.05) is 30.3 Å². The molecule has 0 radical (unpaired) electrons. The normalized spacial score (nSPS) is 10.4. The lowest BCUT2D eigenvalue weighted by Gasteiger charge is -2.10. The molecule has 0 saturated heterocycles. The Balaban J connectivity index is 1.65. The Morgan fingerprint density at radius 2 is 1.55 bits per heavy atom. The second-order valence-corrected chi connectivity index (χ2v) is 6.23. The quantitative estimate of drug-likeness (QED) is 0.304. The van der Waals surface area contributed by atoms with Gasteiger partial charge < -0.3 is 19.9 Å². The van der Waals surface area contributed by atoms with E-state index in [-0.39, 0.29) is 11.4 Å². The van der Waals surface area contributed by atoms with Gasteiger partial charge in [-0.25, -0.2) is 0 Å². The predicted molar refractivity (Wildman–Crippen MR) is 110 cm³/mol. The summed E-state index contributed by atoms with van der Waals surface area (Å²) >= 11 is 0. The topological polar surface area (TPSA) is 96.9 Å². The fourth-order valence-corrected chi connectivity index (χ4v) is 2.56. The minimum Gasteiger partial charge on any atom is -0.493 e. The van der Waals surface area contributed by atoms with Crippen molar-refractivity contribution in [2.75, 3.05) is 13.2 Å². The summed E-state index contributed by atoms with van der Waals surface area (Å²) in [7, 11) is 0. The summed E-state index contributed by atoms with van der Waals surface area (Å²) in [4.78, 5) is 10.9. The summed E-state index contributed by atoms with van der Waals surface area (Å²) in [5.74, 6) is 1.69. The Morgan fingerprint density at radius 1 is 0.862 bits per heavy atom. The van der Waals surface area contributed by atoms with Gasteiger partial charge >= 0.3 is 5.69 Å². The number of rotatable bonds is 10. The average Bonchev–Trinajstić information content (AvgIpc) is 2.75. The lowest BCUT2D eigenvalue weighted by atomic mass is 10.2. The second-order valence-electron chi connectivity index (χ2n) is 6.23. The van der Waals surface area contributed by atoms with Gasteiger partial charge in [-0.3, -0.25) is 10.1 Å². The molecule has 0 saturated carbocycles. The third-order valence-corrected chi connectivity index (χ3v) is 4.04. The summed E-state index contributed by atoms with van der Waals surface area (Å²) in [5, 5.41) is 11.4. The SMILES string of the molecule is NCCCOc1ccc(Oc2ccc(OCc3ccccc3)cc2)c([N+](=O)[O-])c1. The largest absolute Gasteiger partial charge is 0.493 e. The molecule has 0 bridgehead atoms. The molecule has 0 aromatic heterocycles. The molecule has 0 aliphatic rings. The molecule has 3 aromatic carbocycles. The van der Waals surface area contributed by atoms with Gasteiger partial charge in [0.05, 0.1) is 17.6 Å². The van der Waals surface area contributed by atoms with Crippen LogP contribution in [0, 0.1) is 10.1 Å². The van der Waals surface area contributed by atoms with Gasteiger partial charge in [-0.1, -0.05) is 30.3 Å². The Morgan fingerprint density at radius 3 is 2.24 bits per heavy atom. The first kappa shape index (κ1) is 20.2. The molecular weight excluding hydrogens is 372 g/mol. The zero-order valence-corrected chi connectivity index (χ0v) is 15.8. The highest BCUT2D eigenvalue weighted by Gasteiger charge is 2.17. The average molecular weight is 394 g/mol. The zero-order chi connectivity index (χ0) is 20.5. The molecule has 150 valence electrons. The van der Waals surface area contributed by atoms with Crippen molar-refractivity contribution in [3.8, 4) is 23.0 Å². The molecule has 0 atom stereocenters. The molecule has 7 heteroatoms. The predicted octanol–water partition coefficient (Wildman–Crippen LogP) is 4.69. The molecule has 2 N–H and O–H groups in total. The number of nitrogens with zero attached hydrogens (tertiary/aromatic N) is 1. The van der Waals surface area contributed by atoms with E-state index in [4.69, 9.17) is 19.9 Å². The van der Waals surface area contributed by atoms with Crippen LogP contribution in [0.1, 0.15) is 12.0 Å². The monoisotopic (exact) mass is 394 g/mol. The Kier molecular flexibility index (Phi) is 7.02. The van der Waals surface area contributed by atoms with Crippen LogP contribution in [0.3, 0.4) is 0 Å². The summed E-state index contributed by atoms with van der Waals surface area (Å²) < 4.78 is 16.9. The summed E-state index contributed by atoms with van der Waals surface area (Å²) in [5.41, 5.74) is 6.32. The lowest BCUT2D eigenvalue weighted by Crippen LogP contribution is -2.06. The molecule has 0 aliphatic heterocycles. The van der Waals surface area contributed by atoms with Crippen molar-refractivity contribution >= 4 is 5.69 Å². The van der Waals surface area contributed by atoms with Crippen molar-refractivity contribution in [1.82, 2.24) is 0 Å². The number of nitro groups is 1. The van der Waals surface area contributed by atoms with Crippen LogP contribution < -0.4 is 19.9 Å². The molecule has 29 heavy (non-hydrogen) atoms. The van der Waals surface area contributed by atoms with Crippen LogP contribution in [0.4, 0.5) is 5.69 Å². The maximum absolute atomic E-state index is 11.4. The van der Waals surface area contributed by atoms with Crippen LogP contribution in [-0.2, 0) is 6.61 Å². The van der Waals surface area contributed by atoms with Gasteiger partial charge in [-0.2, -0.15) is 0 Å². The zero-order valence-electron chi connectivity index (χ0n) is 15.8. The first-order valence-corrected chi connectivity index (χ1v) is 9.21. The summed E-state index contributed by atoms with van der Waals surface area (Å²) in [6, 6.07) is 21.3.